The summed E-state index contributed by atoms with van der Waals surface area (Å²) in [4.78, 5) is 22.4. The van der Waals surface area contributed by atoms with Gasteiger partial charge in [-0.3, -0.25) is 4.79 Å². The second-order valence-electron chi connectivity index (χ2n) is 4.23. The van der Waals surface area contributed by atoms with Crippen LogP contribution in [0.2, 0.25) is 0 Å². The van der Waals surface area contributed by atoms with Crippen LogP contribution < -0.4 is 0 Å². The first-order chi connectivity index (χ1) is 8.21. The fourth-order valence-corrected chi connectivity index (χ4v) is 2.14. The molecule has 1 aliphatic carbocycles. The highest BCUT2D eigenvalue weighted by atomic mass is 19.4. The number of fused-ring (bicyclic) bond motifs is 1. The molecule has 0 saturated carbocycles. The summed E-state index contributed by atoms with van der Waals surface area (Å²) >= 11 is 0. The third-order valence-electron chi connectivity index (χ3n) is 3.02. The molecule has 0 aromatic carbocycles. The molecule has 1 N–H and O–H groups in total. The van der Waals surface area contributed by atoms with Crippen molar-refractivity contribution >= 4 is 11.8 Å². The Morgan fingerprint density at radius 1 is 1.39 bits per heavy atom. The molecule has 0 radical (unpaired) electrons. The van der Waals surface area contributed by atoms with E-state index in [1.807, 2.05) is 0 Å². The Labute approximate surface area is 99.4 Å². The highest BCUT2D eigenvalue weighted by Crippen LogP contribution is 2.39. The highest BCUT2D eigenvalue weighted by molar-refractivity contribution is 6.02. The quantitative estimate of drug-likeness (QED) is 0.844. The summed E-state index contributed by atoms with van der Waals surface area (Å²) in [6, 6.07) is 0. The second-order valence-corrected chi connectivity index (χ2v) is 4.23. The first-order valence-corrected chi connectivity index (χ1v) is 5.17. The molecule has 2 rings (SSSR count). The lowest BCUT2D eigenvalue weighted by molar-refractivity contribution is -0.174. The maximum Gasteiger partial charge on any atom is 0.392 e. The number of aromatic carboxylic acids is 1. The lowest BCUT2D eigenvalue weighted by atomic mass is 9.85. The largest absolute Gasteiger partial charge is 0.475 e. The molecule has 1 heterocycles. The Morgan fingerprint density at radius 3 is 2.50 bits per heavy atom. The van der Waals surface area contributed by atoms with Crippen LogP contribution in [0.3, 0.4) is 0 Å². The summed E-state index contributed by atoms with van der Waals surface area (Å²) in [5.41, 5.74) is 0.0935. The predicted octanol–water partition coefficient (Wildman–Crippen LogP) is 2.59. The van der Waals surface area contributed by atoms with Gasteiger partial charge in [0.15, 0.2) is 5.78 Å². The van der Waals surface area contributed by atoms with E-state index in [1.165, 1.54) is 6.92 Å². The van der Waals surface area contributed by atoms with Crippen molar-refractivity contribution in [1.29, 1.82) is 0 Å². The number of furan rings is 1. The minimum absolute atomic E-state index is 0.00657. The zero-order valence-corrected chi connectivity index (χ0v) is 9.30. The van der Waals surface area contributed by atoms with Crippen molar-refractivity contribution in [2.75, 3.05) is 0 Å². The molecule has 0 fully saturated rings. The zero-order valence-electron chi connectivity index (χ0n) is 9.30. The first-order valence-electron chi connectivity index (χ1n) is 5.17. The van der Waals surface area contributed by atoms with Crippen LogP contribution in [0, 0.1) is 12.8 Å². The van der Waals surface area contributed by atoms with Gasteiger partial charge in [0.1, 0.15) is 5.76 Å². The van der Waals surface area contributed by atoms with Gasteiger partial charge in [0, 0.05) is 18.4 Å². The van der Waals surface area contributed by atoms with E-state index in [-0.39, 0.29) is 16.9 Å². The first kappa shape index (κ1) is 12.7. The Kier molecular flexibility index (Phi) is 2.71. The van der Waals surface area contributed by atoms with Gasteiger partial charge in [0.25, 0.3) is 0 Å². The van der Waals surface area contributed by atoms with E-state index in [9.17, 15) is 22.8 Å². The van der Waals surface area contributed by atoms with E-state index in [0.717, 1.165) is 0 Å². The Hall–Kier alpha value is -1.79. The van der Waals surface area contributed by atoms with Crippen LogP contribution in [-0.2, 0) is 6.42 Å². The summed E-state index contributed by atoms with van der Waals surface area (Å²) in [5, 5.41) is 8.80. The minimum atomic E-state index is -4.49. The highest BCUT2D eigenvalue weighted by Gasteiger charge is 2.46. The summed E-state index contributed by atoms with van der Waals surface area (Å²) < 4.78 is 42.6. The normalized spacial score (nSPS) is 19.8. The molecular weight excluding hydrogens is 253 g/mol. The van der Waals surface area contributed by atoms with Crippen molar-refractivity contribution in [3.8, 4) is 0 Å². The number of rotatable bonds is 1. The van der Waals surface area contributed by atoms with E-state index in [0.29, 0.717) is 0 Å². The lowest BCUT2D eigenvalue weighted by Gasteiger charge is -2.22. The van der Waals surface area contributed by atoms with Crippen molar-refractivity contribution in [1.82, 2.24) is 0 Å². The molecule has 1 aromatic heterocycles. The van der Waals surface area contributed by atoms with Crippen LogP contribution in [-0.4, -0.2) is 23.0 Å². The van der Waals surface area contributed by atoms with Crippen LogP contribution in [0.1, 0.15) is 38.7 Å². The summed E-state index contributed by atoms with van der Waals surface area (Å²) in [5.74, 6) is -4.55. The summed E-state index contributed by atoms with van der Waals surface area (Å²) in [6.07, 6.45) is -5.63. The molecule has 1 aromatic rings. The van der Waals surface area contributed by atoms with Crippen LogP contribution in [0.25, 0.3) is 0 Å². The summed E-state index contributed by atoms with van der Waals surface area (Å²) in [6.45, 7) is 1.36. The smallest absolute Gasteiger partial charge is 0.392 e. The number of carbonyl (C=O) groups excluding carboxylic acids is 1. The van der Waals surface area contributed by atoms with Gasteiger partial charge >= 0.3 is 12.1 Å². The average Bonchev–Trinajstić information content (AvgIpc) is 2.55. The monoisotopic (exact) mass is 262 g/mol. The maximum absolute atomic E-state index is 12.6. The molecule has 0 bridgehead atoms. The standard InChI is InChI=1S/C11H9F3O4/c1-4-8-6(15)2-5(11(12,13)14)3-7(8)18-9(4)10(16)17/h5H,2-3H2,1H3,(H,16,17). The van der Waals surface area contributed by atoms with E-state index < -0.39 is 42.4 Å². The zero-order chi connectivity index (χ0) is 13.7. The van der Waals surface area contributed by atoms with Gasteiger partial charge in [0.05, 0.1) is 11.5 Å². The number of ketones is 1. The molecule has 1 unspecified atom stereocenters. The molecule has 4 nitrogen and oxygen atoms in total. The molecule has 7 heteroatoms. The number of carbonyl (C=O) groups is 2. The van der Waals surface area contributed by atoms with Crippen LogP contribution in [0.5, 0.6) is 0 Å². The van der Waals surface area contributed by atoms with Gasteiger partial charge in [-0.25, -0.2) is 4.79 Å². The Bertz CT molecular complexity index is 527. The molecule has 0 amide bonds. The van der Waals surface area contributed by atoms with E-state index in [1.54, 1.807) is 0 Å². The molecule has 0 saturated heterocycles. The molecule has 18 heavy (non-hydrogen) atoms. The predicted molar refractivity (Wildman–Crippen MR) is 52.6 cm³/mol. The van der Waals surface area contributed by atoms with Gasteiger partial charge in [-0.05, 0) is 6.92 Å². The average molecular weight is 262 g/mol. The molecule has 98 valence electrons. The van der Waals surface area contributed by atoms with Gasteiger partial charge in [0.2, 0.25) is 5.76 Å². The maximum atomic E-state index is 12.6. The van der Waals surface area contributed by atoms with Gasteiger partial charge in [-0.1, -0.05) is 0 Å². The van der Waals surface area contributed by atoms with Gasteiger partial charge in [-0.2, -0.15) is 13.2 Å². The molecule has 0 spiro atoms. The Morgan fingerprint density at radius 2 is 2.00 bits per heavy atom. The molecular formula is C11H9F3O4. The number of carboxylic acids is 1. The number of alkyl halides is 3. The van der Waals surface area contributed by atoms with E-state index in [2.05, 4.69) is 0 Å². The lowest BCUT2D eigenvalue weighted by Crippen LogP contribution is -2.31. The number of Topliss-reactive ketones (excluding diaryl/α,β-unsaturated/α-hetero) is 1. The number of carboxylic acid groups (broad SMARTS) is 1. The van der Waals surface area contributed by atoms with E-state index in [4.69, 9.17) is 9.52 Å². The summed E-state index contributed by atoms with van der Waals surface area (Å²) in [7, 11) is 0. The van der Waals surface area contributed by atoms with Crippen molar-refractivity contribution in [2.45, 2.75) is 25.9 Å². The van der Waals surface area contributed by atoms with Crippen molar-refractivity contribution in [3.63, 3.8) is 0 Å². The number of hydrogen-bond acceptors (Lipinski definition) is 3. The SMILES string of the molecule is Cc1c(C(=O)O)oc2c1C(=O)CC(C(F)(F)F)C2. The van der Waals surface area contributed by atoms with Gasteiger partial charge in [-0.15, -0.1) is 0 Å². The van der Waals surface area contributed by atoms with Crippen LogP contribution >= 0.6 is 0 Å². The van der Waals surface area contributed by atoms with Crippen molar-refractivity contribution in [2.24, 2.45) is 5.92 Å². The molecule has 0 aliphatic heterocycles. The van der Waals surface area contributed by atoms with Crippen molar-refractivity contribution in [3.05, 3.63) is 22.6 Å². The minimum Gasteiger partial charge on any atom is -0.475 e. The van der Waals surface area contributed by atoms with Crippen LogP contribution in [0.4, 0.5) is 13.2 Å². The molecule has 1 aliphatic rings. The van der Waals surface area contributed by atoms with Crippen molar-refractivity contribution < 1.29 is 32.3 Å². The third kappa shape index (κ3) is 1.89. The fourth-order valence-electron chi connectivity index (χ4n) is 2.14. The third-order valence-corrected chi connectivity index (χ3v) is 3.02. The Balaban J connectivity index is 2.47. The fraction of sp³-hybridized carbons (Fsp3) is 0.455. The number of halogens is 3. The topological polar surface area (TPSA) is 67.5 Å². The van der Waals surface area contributed by atoms with Crippen LogP contribution in [0.15, 0.2) is 4.42 Å². The van der Waals surface area contributed by atoms with E-state index >= 15 is 0 Å². The molecule has 1 atom stereocenters. The second kappa shape index (κ2) is 3.86. The van der Waals surface area contributed by atoms with Gasteiger partial charge < -0.3 is 9.52 Å². The number of hydrogen-bond donors (Lipinski definition) is 1.